The van der Waals surface area contributed by atoms with Crippen LogP contribution in [0.3, 0.4) is 0 Å². The van der Waals surface area contributed by atoms with Crippen LogP contribution in [0.5, 0.6) is 5.75 Å². The molecule has 0 amide bonds. The molecule has 2 aromatic rings. The van der Waals surface area contributed by atoms with E-state index in [1.165, 1.54) is 24.8 Å². The predicted octanol–water partition coefficient (Wildman–Crippen LogP) is 4.23. The fourth-order valence-corrected chi connectivity index (χ4v) is 3.56. The van der Waals surface area contributed by atoms with E-state index in [4.69, 9.17) is 5.11 Å². The van der Waals surface area contributed by atoms with E-state index >= 15 is 0 Å². The number of aromatic hydroxyl groups is 1. The third-order valence-electron chi connectivity index (χ3n) is 5.06. The zero-order chi connectivity index (χ0) is 17.8. The fourth-order valence-electron chi connectivity index (χ4n) is 3.56. The summed E-state index contributed by atoms with van der Waals surface area (Å²) in [5.41, 5.74) is 3.54. The first-order chi connectivity index (χ1) is 12.0. The lowest BCUT2D eigenvalue weighted by Crippen LogP contribution is -2.32. The van der Waals surface area contributed by atoms with Crippen molar-refractivity contribution in [1.29, 1.82) is 0 Å². The normalized spacial score (nSPS) is 16.5. The van der Waals surface area contributed by atoms with Gasteiger partial charge in [0.15, 0.2) is 0 Å². The smallest absolute Gasteiger partial charge is 0.307 e. The highest BCUT2D eigenvalue weighted by molar-refractivity contribution is 5.74. The Hall–Kier alpha value is -2.33. The van der Waals surface area contributed by atoms with Gasteiger partial charge in [-0.2, -0.15) is 0 Å². The SMILES string of the molecule is C[C@@H](c1ccc(-c2cc(CC(=O)O)ccc2O)cc1)N1CCCCC1. The molecule has 1 saturated heterocycles. The lowest BCUT2D eigenvalue weighted by molar-refractivity contribution is -0.136. The van der Waals surface area contributed by atoms with Crippen molar-refractivity contribution in [1.82, 2.24) is 4.90 Å². The number of carboxylic acids is 1. The van der Waals surface area contributed by atoms with E-state index < -0.39 is 5.97 Å². The van der Waals surface area contributed by atoms with Crippen LogP contribution in [0.1, 0.15) is 43.4 Å². The summed E-state index contributed by atoms with van der Waals surface area (Å²) in [5.74, 6) is -0.701. The number of piperidine rings is 1. The average Bonchev–Trinajstić information content (AvgIpc) is 2.63. The van der Waals surface area contributed by atoms with Crippen LogP contribution in [0, 0.1) is 0 Å². The van der Waals surface area contributed by atoms with Crippen LogP contribution in [-0.2, 0) is 11.2 Å². The number of benzene rings is 2. The first-order valence-corrected chi connectivity index (χ1v) is 8.92. The minimum Gasteiger partial charge on any atom is -0.507 e. The summed E-state index contributed by atoms with van der Waals surface area (Å²) >= 11 is 0. The molecule has 2 N–H and O–H groups in total. The molecule has 0 unspecified atom stereocenters. The van der Waals surface area contributed by atoms with Crippen molar-refractivity contribution in [2.24, 2.45) is 0 Å². The van der Waals surface area contributed by atoms with Gasteiger partial charge in [-0.15, -0.1) is 0 Å². The van der Waals surface area contributed by atoms with Crippen molar-refractivity contribution in [3.8, 4) is 16.9 Å². The summed E-state index contributed by atoms with van der Waals surface area (Å²) in [5, 5.41) is 19.1. The maximum absolute atomic E-state index is 10.9. The number of phenols is 1. The molecule has 0 saturated carbocycles. The highest BCUT2D eigenvalue weighted by Crippen LogP contribution is 2.32. The topological polar surface area (TPSA) is 60.8 Å². The number of rotatable bonds is 5. The van der Waals surface area contributed by atoms with E-state index in [-0.39, 0.29) is 12.2 Å². The van der Waals surface area contributed by atoms with Crippen molar-refractivity contribution in [2.75, 3.05) is 13.1 Å². The highest BCUT2D eigenvalue weighted by atomic mass is 16.4. The van der Waals surface area contributed by atoms with Gasteiger partial charge in [0.05, 0.1) is 6.42 Å². The molecule has 0 spiro atoms. The predicted molar refractivity (Wildman–Crippen MR) is 98.7 cm³/mol. The highest BCUT2D eigenvalue weighted by Gasteiger charge is 2.18. The summed E-state index contributed by atoms with van der Waals surface area (Å²) in [4.78, 5) is 13.4. The fraction of sp³-hybridized carbons (Fsp3) is 0.381. The molecule has 1 atom stereocenters. The lowest BCUT2D eigenvalue weighted by atomic mass is 9.97. The van der Waals surface area contributed by atoms with E-state index in [1.807, 2.05) is 12.1 Å². The number of hydrogen-bond acceptors (Lipinski definition) is 3. The summed E-state index contributed by atoms with van der Waals surface area (Å²) in [6.45, 7) is 4.55. The van der Waals surface area contributed by atoms with Crippen molar-refractivity contribution >= 4 is 5.97 Å². The molecule has 0 aliphatic carbocycles. The van der Waals surface area contributed by atoms with Gasteiger partial charge in [0, 0.05) is 11.6 Å². The third kappa shape index (κ3) is 4.20. The molecule has 3 rings (SSSR count). The standard InChI is InChI=1S/C21H25NO3/c1-15(22-11-3-2-4-12-22)17-6-8-18(9-7-17)19-13-16(14-21(24)25)5-10-20(19)23/h5-10,13,15,23H,2-4,11-12,14H2,1H3,(H,24,25)/t15-/m0/s1. The Labute approximate surface area is 148 Å². The molecule has 1 heterocycles. The Morgan fingerprint density at radius 1 is 1.08 bits per heavy atom. The van der Waals surface area contributed by atoms with Gasteiger partial charge in [-0.1, -0.05) is 36.8 Å². The molecule has 0 bridgehead atoms. The van der Waals surface area contributed by atoms with Gasteiger partial charge in [0.1, 0.15) is 5.75 Å². The van der Waals surface area contributed by atoms with Crippen molar-refractivity contribution < 1.29 is 15.0 Å². The second-order valence-corrected chi connectivity index (χ2v) is 6.82. The largest absolute Gasteiger partial charge is 0.507 e. The Bertz CT molecular complexity index is 733. The molecule has 1 aliphatic rings. The minimum atomic E-state index is -0.873. The third-order valence-corrected chi connectivity index (χ3v) is 5.06. The second-order valence-electron chi connectivity index (χ2n) is 6.82. The van der Waals surface area contributed by atoms with E-state index in [1.54, 1.807) is 18.2 Å². The molecule has 25 heavy (non-hydrogen) atoms. The lowest BCUT2D eigenvalue weighted by Gasteiger charge is -2.32. The second kappa shape index (κ2) is 7.70. The van der Waals surface area contributed by atoms with Gasteiger partial charge in [-0.25, -0.2) is 0 Å². The monoisotopic (exact) mass is 339 g/mol. The molecule has 4 heteroatoms. The summed E-state index contributed by atoms with van der Waals surface area (Å²) in [6, 6.07) is 13.6. The van der Waals surface area contributed by atoms with Gasteiger partial charge < -0.3 is 10.2 Å². The van der Waals surface area contributed by atoms with Gasteiger partial charge in [0.25, 0.3) is 0 Å². The molecule has 1 aliphatic heterocycles. The summed E-state index contributed by atoms with van der Waals surface area (Å²) in [7, 11) is 0. The van der Waals surface area contributed by atoms with Gasteiger partial charge in [0.2, 0.25) is 0 Å². The molecule has 1 fully saturated rings. The summed E-state index contributed by atoms with van der Waals surface area (Å²) in [6.07, 6.45) is 3.82. The van der Waals surface area contributed by atoms with E-state index in [9.17, 15) is 9.90 Å². The Morgan fingerprint density at radius 2 is 1.76 bits per heavy atom. The first-order valence-electron chi connectivity index (χ1n) is 8.92. The molecule has 132 valence electrons. The van der Waals surface area contributed by atoms with Gasteiger partial charge >= 0.3 is 5.97 Å². The first kappa shape index (κ1) is 17.5. The summed E-state index contributed by atoms with van der Waals surface area (Å²) < 4.78 is 0. The molecular formula is C21H25NO3. The maximum Gasteiger partial charge on any atom is 0.307 e. The molecule has 0 radical (unpaired) electrons. The van der Waals surface area contributed by atoms with E-state index in [0.29, 0.717) is 17.2 Å². The molecule has 4 nitrogen and oxygen atoms in total. The van der Waals surface area contributed by atoms with Crippen molar-refractivity contribution in [3.63, 3.8) is 0 Å². The minimum absolute atomic E-state index is 0.0443. The van der Waals surface area contributed by atoms with E-state index in [0.717, 1.165) is 18.7 Å². The molecule has 0 aromatic heterocycles. The number of hydrogen-bond donors (Lipinski definition) is 2. The Kier molecular flexibility index (Phi) is 5.39. The number of phenolic OH excluding ortho intramolecular Hbond substituents is 1. The van der Waals surface area contributed by atoms with Gasteiger partial charge in [-0.3, -0.25) is 9.69 Å². The van der Waals surface area contributed by atoms with Crippen LogP contribution in [0.15, 0.2) is 42.5 Å². The van der Waals surface area contributed by atoms with Crippen LogP contribution in [0.25, 0.3) is 11.1 Å². The maximum atomic E-state index is 10.9. The Morgan fingerprint density at radius 3 is 2.40 bits per heavy atom. The number of carbonyl (C=O) groups is 1. The number of carboxylic acid groups (broad SMARTS) is 1. The quantitative estimate of drug-likeness (QED) is 0.856. The van der Waals surface area contributed by atoms with Crippen LogP contribution < -0.4 is 0 Å². The number of nitrogens with zero attached hydrogens (tertiary/aromatic N) is 1. The molecular weight excluding hydrogens is 314 g/mol. The van der Waals surface area contributed by atoms with Crippen molar-refractivity contribution in [2.45, 2.75) is 38.6 Å². The number of likely N-dealkylation sites (tertiary alicyclic amines) is 1. The van der Waals surface area contributed by atoms with Crippen LogP contribution >= 0.6 is 0 Å². The van der Waals surface area contributed by atoms with Crippen LogP contribution in [-0.4, -0.2) is 34.2 Å². The average molecular weight is 339 g/mol. The van der Waals surface area contributed by atoms with E-state index in [2.05, 4.69) is 24.0 Å². The Balaban J connectivity index is 1.81. The zero-order valence-corrected chi connectivity index (χ0v) is 14.6. The van der Waals surface area contributed by atoms with Crippen LogP contribution in [0.4, 0.5) is 0 Å². The van der Waals surface area contributed by atoms with Gasteiger partial charge in [-0.05, 0) is 61.7 Å². The van der Waals surface area contributed by atoms with Crippen molar-refractivity contribution in [3.05, 3.63) is 53.6 Å². The number of aliphatic carboxylic acids is 1. The molecule has 2 aromatic carbocycles. The zero-order valence-electron chi connectivity index (χ0n) is 14.6. The van der Waals surface area contributed by atoms with Crippen LogP contribution in [0.2, 0.25) is 0 Å².